The zero-order valence-corrected chi connectivity index (χ0v) is 6.46. The number of aliphatic hydroxyl groups excluding tert-OH is 2. The molecule has 0 saturated heterocycles. The third-order valence-electron chi connectivity index (χ3n) is 0.571. The van der Waals surface area contributed by atoms with Crippen molar-refractivity contribution in [3.8, 4) is 0 Å². The minimum Gasteiger partial charge on any atom is -0.505 e. The minimum atomic E-state index is -0.343. The van der Waals surface area contributed by atoms with Crippen molar-refractivity contribution in [2.75, 3.05) is 0 Å². The summed E-state index contributed by atoms with van der Waals surface area (Å²) >= 11 is 0. The summed E-state index contributed by atoms with van der Waals surface area (Å²) in [5.74, 6) is -0.593. The Hall–Kier alpha value is -1.18. The SMILES string of the molecule is C=C/C=C(/O)C(=C)O.CC. The monoisotopic (exact) mass is 142 g/mol. The van der Waals surface area contributed by atoms with Crippen LogP contribution in [-0.4, -0.2) is 10.2 Å². The lowest BCUT2D eigenvalue weighted by Crippen LogP contribution is -1.81. The van der Waals surface area contributed by atoms with E-state index >= 15 is 0 Å². The maximum absolute atomic E-state index is 8.57. The molecule has 2 heteroatoms. The van der Waals surface area contributed by atoms with Crippen molar-refractivity contribution in [2.24, 2.45) is 0 Å². The smallest absolute Gasteiger partial charge is 0.156 e. The standard InChI is InChI=1S/C6H8O2.C2H6/c1-3-4-6(8)5(2)7;1-2/h3-4,7-8H,1-2H2;1-2H3/b6-4+;. The fraction of sp³-hybridized carbons (Fsp3) is 0.250. The van der Waals surface area contributed by atoms with Crippen molar-refractivity contribution < 1.29 is 10.2 Å². The van der Waals surface area contributed by atoms with Crippen LogP contribution in [0, 0.1) is 0 Å². The molecule has 0 amide bonds. The first-order valence-corrected chi connectivity index (χ1v) is 3.08. The van der Waals surface area contributed by atoms with Gasteiger partial charge in [-0.25, -0.2) is 0 Å². The molecule has 0 saturated carbocycles. The van der Waals surface area contributed by atoms with Crippen LogP contribution in [0.3, 0.4) is 0 Å². The van der Waals surface area contributed by atoms with Gasteiger partial charge in [0.05, 0.1) is 0 Å². The quantitative estimate of drug-likeness (QED) is 0.459. The number of hydrogen-bond acceptors (Lipinski definition) is 2. The molecule has 0 aromatic rings. The second kappa shape index (κ2) is 7.82. The molecule has 0 aliphatic heterocycles. The summed E-state index contributed by atoms with van der Waals surface area (Å²) in [5.41, 5.74) is 0. The van der Waals surface area contributed by atoms with Gasteiger partial charge in [0.2, 0.25) is 0 Å². The Morgan fingerprint density at radius 2 is 1.70 bits per heavy atom. The Kier molecular flexibility index (Phi) is 9.07. The lowest BCUT2D eigenvalue weighted by Gasteiger charge is -1.90. The van der Waals surface area contributed by atoms with Crippen molar-refractivity contribution >= 4 is 0 Å². The first-order chi connectivity index (χ1) is 4.68. The summed E-state index contributed by atoms with van der Waals surface area (Å²) in [6.07, 6.45) is 2.61. The van der Waals surface area contributed by atoms with Crippen LogP contribution < -0.4 is 0 Å². The highest BCUT2D eigenvalue weighted by Crippen LogP contribution is 1.96. The van der Waals surface area contributed by atoms with Crippen LogP contribution in [0.2, 0.25) is 0 Å². The van der Waals surface area contributed by atoms with Crippen molar-refractivity contribution in [3.63, 3.8) is 0 Å². The molecule has 0 radical (unpaired) electrons. The molecular formula is C8H14O2. The van der Waals surface area contributed by atoms with E-state index in [1.54, 1.807) is 0 Å². The molecule has 0 rings (SSSR count). The Balaban J connectivity index is 0. The van der Waals surface area contributed by atoms with Crippen LogP contribution in [0.4, 0.5) is 0 Å². The fourth-order valence-electron chi connectivity index (χ4n) is 0.208. The zero-order valence-electron chi connectivity index (χ0n) is 6.46. The summed E-state index contributed by atoms with van der Waals surface area (Å²) in [6, 6.07) is 0. The molecule has 0 spiro atoms. The van der Waals surface area contributed by atoms with Crippen LogP contribution in [-0.2, 0) is 0 Å². The third kappa shape index (κ3) is 6.82. The maximum atomic E-state index is 8.57. The molecule has 0 fully saturated rings. The summed E-state index contributed by atoms with van der Waals surface area (Å²) in [5, 5.41) is 17.0. The Bertz CT molecular complexity index is 134. The van der Waals surface area contributed by atoms with E-state index in [0.717, 1.165) is 0 Å². The summed E-state index contributed by atoms with van der Waals surface area (Å²) < 4.78 is 0. The van der Waals surface area contributed by atoms with Crippen LogP contribution in [0.25, 0.3) is 0 Å². The van der Waals surface area contributed by atoms with Gasteiger partial charge in [-0.1, -0.05) is 33.1 Å². The molecule has 0 unspecified atom stereocenters. The Labute approximate surface area is 61.8 Å². The van der Waals surface area contributed by atoms with Gasteiger partial charge in [-0.3, -0.25) is 0 Å². The predicted molar refractivity (Wildman–Crippen MR) is 44.0 cm³/mol. The first kappa shape index (κ1) is 11.6. The molecule has 58 valence electrons. The molecule has 0 aliphatic carbocycles. The lowest BCUT2D eigenvalue weighted by atomic mass is 10.4. The number of hydrogen-bond donors (Lipinski definition) is 2. The predicted octanol–water partition coefficient (Wildman–Crippen LogP) is 2.71. The second-order valence-corrected chi connectivity index (χ2v) is 1.23. The summed E-state index contributed by atoms with van der Waals surface area (Å²) in [7, 11) is 0. The lowest BCUT2D eigenvalue weighted by molar-refractivity contribution is 0.328. The van der Waals surface area contributed by atoms with Gasteiger partial charge in [0, 0.05) is 0 Å². The first-order valence-electron chi connectivity index (χ1n) is 3.08. The van der Waals surface area contributed by atoms with Crippen LogP contribution in [0.1, 0.15) is 13.8 Å². The van der Waals surface area contributed by atoms with Gasteiger partial charge in [0.1, 0.15) is 5.76 Å². The van der Waals surface area contributed by atoms with Gasteiger partial charge < -0.3 is 10.2 Å². The maximum Gasteiger partial charge on any atom is 0.156 e. The molecule has 0 heterocycles. The molecule has 0 bridgehead atoms. The van der Waals surface area contributed by atoms with Crippen molar-refractivity contribution in [1.82, 2.24) is 0 Å². The number of allylic oxidation sites excluding steroid dienone is 2. The van der Waals surface area contributed by atoms with Gasteiger partial charge in [-0.2, -0.15) is 0 Å². The van der Waals surface area contributed by atoms with Gasteiger partial charge >= 0.3 is 0 Å². The molecule has 0 aromatic heterocycles. The van der Waals surface area contributed by atoms with Crippen molar-refractivity contribution in [3.05, 3.63) is 36.8 Å². The van der Waals surface area contributed by atoms with Gasteiger partial charge in [0.15, 0.2) is 5.76 Å². The zero-order chi connectivity index (χ0) is 8.57. The highest BCUT2D eigenvalue weighted by atomic mass is 16.3. The molecule has 0 atom stereocenters. The van der Waals surface area contributed by atoms with E-state index in [2.05, 4.69) is 13.2 Å². The van der Waals surface area contributed by atoms with E-state index in [1.165, 1.54) is 12.2 Å². The van der Waals surface area contributed by atoms with Crippen LogP contribution in [0.5, 0.6) is 0 Å². The average Bonchev–Trinajstić information content (AvgIpc) is 1.93. The largest absolute Gasteiger partial charge is 0.505 e. The van der Waals surface area contributed by atoms with Gasteiger partial charge in [0.25, 0.3) is 0 Å². The van der Waals surface area contributed by atoms with E-state index in [1.807, 2.05) is 13.8 Å². The van der Waals surface area contributed by atoms with E-state index in [0.29, 0.717) is 0 Å². The van der Waals surface area contributed by atoms with Crippen LogP contribution in [0.15, 0.2) is 36.8 Å². The molecule has 0 aliphatic rings. The van der Waals surface area contributed by atoms with E-state index in [9.17, 15) is 0 Å². The van der Waals surface area contributed by atoms with Crippen molar-refractivity contribution in [2.45, 2.75) is 13.8 Å². The highest BCUT2D eigenvalue weighted by molar-refractivity contribution is 5.18. The molecule has 10 heavy (non-hydrogen) atoms. The number of rotatable bonds is 2. The Morgan fingerprint density at radius 3 is 1.80 bits per heavy atom. The Morgan fingerprint density at radius 1 is 1.30 bits per heavy atom. The third-order valence-corrected chi connectivity index (χ3v) is 0.571. The molecule has 2 N–H and O–H groups in total. The summed E-state index contributed by atoms with van der Waals surface area (Å²) in [6.45, 7) is 10.4. The van der Waals surface area contributed by atoms with E-state index in [-0.39, 0.29) is 11.5 Å². The van der Waals surface area contributed by atoms with Crippen molar-refractivity contribution in [1.29, 1.82) is 0 Å². The second-order valence-electron chi connectivity index (χ2n) is 1.23. The van der Waals surface area contributed by atoms with E-state index in [4.69, 9.17) is 10.2 Å². The normalized spacial score (nSPS) is 9.20. The van der Waals surface area contributed by atoms with E-state index < -0.39 is 0 Å². The van der Waals surface area contributed by atoms with Gasteiger partial charge in [-0.15, -0.1) is 0 Å². The topological polar surface area (TPSA) is 40.5 Å². The molecular weight excluding hydrogens is 128 g/mol. The van der Waals surface area contributed by atoms with Crippen LogP contribution >= 0.6 is 0 Å². The number of aliphatic hydroxyl groups is 2. The summed E-state index contributed by atoms with van der Waals surface area (Å²) in [4.78, 5) is 0. The van der Waals surface area contributed by atoms with Gasteiger partial charge in [-0.05, 0) is 6.08 Å². The highest BCUT2D eigenvalue weighted by Gasteiger charge is 1.89. The fourth-order valence-corrected chi connectivity index (χ4v) is 0.208. The molecule has 2 nitrogen and oxygen atoms in total. The average molecular weight is 142 g/mol. The minimum absolute atomic E-state index is 0.250. The molecule has 0 aromatic carbocycles.